The van der Waals surface area contributed by atoms with Crippen LogP contribution in [0.1, 0.15) is 58.3 Å². The molecule has 19 heavy (non-hydrogen) atoms. The van der Waals surface area contributed by atoms with Crippen molar-refractivity contribution in [3.05, 3.63) is 0 Å². The Labute approximate surface area is 122 Å². The molecule has 3 nitrogen and oxygen atoms in total. The number of carbonyl (C=O) groups excluding carboxylic acids is 1. The summed E-state index contributed by atoms with van der Waals surface area (Å²) in [6.07, 6.45) is 9.26. The largest absolute Gasteiger partial charge is 0.352 e. The smallest absolute Gasteiger partial charge is 0.226 e. The summed E-state index contributed by atoms with van der Waals surface area (Å²) in [5.41, 5.74) is 6.14. The lowest BCUT2D eigenvalue weighted by Gasteiger charge is -2.45. The number of hydrogen-bond acceptors (Lipinski definition) is 2. The summed E-state index contributed by atoms with van der Waals surface area (Å²) in [6, 6.07) is 0.796. The standard InChI is InChI=1S/C15H26N2O.ClH/c1-2-15(6-7-15)14(18)17-13-10-4-3-5-11(13)9-12(16)8-10;/h10-13H,2-9,16H2,1H3,(H,17,18);1H. The van der Waals surface area contributed by atoms with Crippen LogP contribution in [0.25, 0.3) is 0 Å². The fourth-order valence-electron chi connectivity index (χ4n) is 4.22. The van der Waals surface area contributed by atoms with Crippen molar-refractivity contribution >= 4 is 18.3 Å². The van der Waals surface area contributed by atoms with Crippen LogP contribution >= 0.6 is 12.4 Å². The van der Waals surface area contributed by atoms with E-state index < -0.39 is 0 Å². The molecule has 2 atom stereocenters. The Morgan fingerprint density at radius 2 is 1.84 bits per heavy atom. The van der Waals surface area contributed by atoms with Crippen molar-refractivity contribution in [1.82, 2.24) is 5.32 Å². The number of carbonyl (C=O) groups is 1. The van der Waals surface area contributed by atoms with Gasteiger partial charge in [0.05, 0.1) is 0 Å². The fourth-order valence-corrected chi connectivity index (χ4v) is 4.22. The molecule has 0 saturated heterocycles. The maximum absolute atomic E-state index is 12.4. The number of nitrogens with one attached hydrogen (secondary N) is 1. The van der Waals surface area contributed by atoms with Crippen LogP contribution < -0.4 is 11.1 Å². The predicted octanol–water partition coefficient (Wildman–Crippen LogP) is 2.62. The van der Waals surface area contributed by atoms with Gasteiger partial charge >= 0.3 is 0 Å². The SMILES string of the molecule is CCC1(C(=O)NC2C3CCCC2CC(N)C3)CC1.Cl. The summed E-state index contributed by atoms with van der Waals surface area (Å²) in [5.74, 6) is 1.62. The third-order valence-corrected chi connectivity index (χ3v) is 5.69. The Balaban J connectivity index is 0.00000133. The van der Waals surface area contributed by atoms with E-state index in [0.717, 1.165) is 32.1 Å². The summed E-state index contributed by atoms with van der Waals surface area (Å²) < 4.78 is 0. The monoisotopic (exact) mass is 286 g/mol. The lowest BCUT2D eigenvalue weighted by molar-refractivity contribution is -0.128. The number of hydrogen-bond donors (Lipinski definition) is 2. The van der Waals surface area contributed by atoms with Crippen LogP contribution in [0, 0.1) is 17.3 Å². The Morgan fingerprint density at radius 1 is 1.26 bits per heavy atom. The first-order chi connectivity index (χ1) is 8.64. The maximum atomic E-state index is 12.4. The molecule has 0 heterocycles. The van der Waals surface area contributed by atoms with Gasteiger partial charge in [0.25, 0.3) is 0 Å². The maximum Gasteiger partial charge on any atom is 0.226 e. The van der Waals surface area contributed by atoms with Crippen LogP contribution in [0.2, 0.25) is 0 Å². The molecule has 0 aliphatic heterocycles. The molecule has 3 fully saturated rings. The zero-order valence-electron chi connectivity index (χ0n) is 11.9. The second-order valence-electron chi connectivity index (χ2n) is 6.82. The molecule has 2 bridgehead atoms. The average molecular weight is 287 g/mol. The van der Waals surface area contributed by atoms with Crippen molar-refractivity contribution in [3.8, 4) is 0 Å². The van der Waals surface area contributed by atoms with Crippen molar-refractivity contribution in [1.29, 1.82) is 0 Å². The highest BCUT2D eigenvalue weighted by Crippen LogP contribution is 2.49. The molecule has 0 aromatic heterocycles. The third kappa shape index (κ3) is 2.78. The normalized spacial score (nSPS) is 39.1. The number of fused-ring (bicyclic) bond motifs is 2. The second kappa shape index (κ2) is 5.61. The molecule has 3 aliphatic carbocycles. The summed E-state index contributed by atoms with van der Waals surface area (Å²) in [4.78, 5) is 12.4. The van der Waals surface area contributed by atoms with E-state index in [2.05, 4.69) is 12.2 Å². The van der Waals surface area contributed by atoms with E-state index in [-0.39, 0.29) is 17.8 Å². The number of amides is 1. The first kappa shape index (κ1) is 15.1. The zero-order valence-corrected chi connectivity index (χ0v) is 12.7. The molecule has 110 valence electrons. The minimum absolute atomic E-state index is 0. The molecule has 0 radical (unpaired) electrons. The van der Waals surface area contributed by atoms with E-state index in [1.807, 2.05) is 0 Å². The van der Waals surface area contributed by atoms with Crippen LogP contribution in [0.3, 0.4) is 0 Å². The van der Waals surface area contributed by atoms with Gasteiger partial charge in [0, 0.05) is 17.5 Å². The number of halogens is 1. The Kier molecular flexibility index (Phi) is 4.46. The molecule has 4 heteroatoms. The van der Waals surface area contributed by atoms with Gasteiger partial charge in [0.15, 0.2) is 0 Å². The van der Waals surface area contributed by atoms with E-state index in [9.17, 15) is 4.79 Å². The Bertz CT molecular complexity index is 329. The first-order valence-corrected chi connectivity index (χ1v) is 7.71. The lowest BCUT2D eigenvalue weighted by Crippen LogP contribution is -2.55. The zero-order chi connectivity index (χ0) is 12.8. The fraction of sp³-hybridized carbons (Fsp3) is 0.933. The quantitative estimate of drug-likeness (QED) is 0.838. The van der Waals surface area contributed by atoms with Crippen molar-refractivity contribution < 1.29 is 4.79 Å². The van der Waals surface area contributed by atoms with Gasteiger partial charge in [-0.1, -0.05) is 13.3 Å². The van der Waals surface area contributed by atoms with Crippen molar-refractivity contribution in [2.24, 2.45) is 23.0 Å². The second-order valence-corrected chi connectivity index (χ2v) is 6.82. The van der Waals surface area contributed by atoms with Gasteiger partial charge in [-0.25, -0.2) is 0 Å². The van der Waals surface area contributed by atoms with Gasteiger partial charge in [0.1, 0.15) is 0 Å². The molecule has 3 rings (SSSR count). The number of rotatable bonds is 3. The van der Waals surface area contributed by atoms with Gasteiger partial charge < -0.3 is 11.1 Å². The highest BCUT2D eigenvalue weighted by atomic mass is 35.5. The van der Waals surface area contributed by atoms with Gasteiger partial charge in [-0.3, -0.25) is 4.79 Å². The third-order valence-electron chi connectivity index (χ3n) is 5.69. The van der Waals surface area contributed by atoms with E-state index in [1.165, 1.54) is 19.3 Å². The molecular weight excluding hydrogens is 260 g/mol. The highest BCUT2D eigenvalue weighted by molar-refractivity contribution is 5.85. The molecular formula is C15H27ClN2O. The van der Waals surface area contributed by atoms with Gasteiger partial charge in [-0.05, 0) is 56.8 Å². The first-order valence-electron chi connectivity index (χ1n) is 7.71. The Morgan fingerprint density at radius 3 is 2.32 bits per heavy atom. The minimum atomic E-state index is 0. The summed E-state index contributed by atoms with van der Waals surface area (Å²) in [6.45, 7) is 2.14. The molecule has 0 aromatic carbocycles. The molecule has 3 aliphatic rings. The highest BCUT2D eigenvalue weighted by Gasteiger charge is 2.50. The molecule has 0 aromatic rings. The predicted molar refractivity (Wildman–Crippen MR) is 79.2 cm³/mol. The van der Waals surface area contributed by atoms with Gasteiger partial charge in [0.2, 0.25) is 5.91 Å². The molecule has 1 amide bonds. The van der Waals surface area contributed by atoms with Crippen LogP contribution in [-0.2, 0) is 4.79 Å². The van der Waals surface area contributed by atoms with E-state index in [4.69, 9.17) is 5.73 Å². The molecule has 3 N–H and O–H groups in total. The van der Waals surface area contributed by atoms with Crippen molar-refractivity contribution in [3.63, 3.8) is 0 Å². The number of nitrogens with two attached hydrogens (primary N) is 1. The van der Waals surface area contributed by atoms with E-state index in [1.54, 1.807) is 0 Å². The minimum Gasteiger partial charge on any atom is -0.352 e. The molecule has 0 spiro atoms. The van der Waals surface area contributed by atoms with E-state index >= 15 is 0 Å². The average Bonchev–Trinajstić information content (AvgIpc) is 3.11. The summed E-state index contributed by atoms with van der Waals surface area (Å²) >= 11 is 0. The Hall–Kier alpha value is -0.280. The summed E-state index contributed by atoms with van der Waals surface area (Å²) in [5, 5.41) is 3.40. The topological polar surface area (TPSA) is 55.1 Å². The lowest BCUT2D eigenvalue weighted by atomic mass is 9.67. The van der Waals surface area contributed by atoms with E-state index in [0.29, 0.717) is 29.8 Å². The molecule has 3 saturated carbocycles. The summed E-state index contributed by atoms with van der Waals surface area (Å²) in [7, 11) is 0. The van der Waals surface area contributed by atoms with Crippen LogP contribution in [0.5, 0.6) is 0 Å². The van der Waals surface area contributed by atoms with Crippen LogP contribution in [0.15, 0.2) is 0 Å². The van der Waals surface area contributed by atoms with Gasteiger partial charge in [-0.15, -0.1) is 12.4 Å². The van der Waals surface area contributed by atoms with Crippen molar-refractivity contribution in [2.45, 2.75) is 70.4 Å². The van der Waals surface area contributed by atoms with Crippen LogP contribution in [0.4, 0.5) is 0 Å². The van der Waals surface area contributed by atoms with Gasteiger partial charge in [-0.2, -0.15) is 0 Å². The molecule has 2 unspecified atom stereocenters. The van der Waals surface area contributed by atoms with Crippen molar-refractivity contribution in [2.75, 3.05) is 0 Å². The van der Waals surface area contributed by atoms with Crippen LogP contribution in [-0.4, -0.2) is 18.0 Å².